The Balaban J connectivity index is 2.11. The number of aryl methyl sites for hydroxylation is 2. The zero-order valence-electron chi connectivity index (χ0n) is 10.9. The zero-order valence-corrected chi connectivity index (χ0v) is 10.9. The van der Waals surface area contributed by atoms with Crippen molar-refractivity contribution in [2.45, 2.75) is 33.6 Å². The monoisotopic (exact) mass is 235 g/mol. The van der Waals surface area contributed by atoms with E-state index in [1.54, 1.807) is 0 Å². The summed E-state index contributed by atoms with van der Waals surface area (Å²) in [6, 6.07) is 4.16. The molecule has 0 saturated carbocycles. The molecule has 3 nitrogen and oxygen atoms in total. The predicted octanol–water partition coefficient (Wildman–Crippen LogP) is 2.64. The van der Waals surface area contributed by atoms with Gasteiger partial charge in [0.15, 0.2) is 11.5 Å². The number of ether oxygens (including phenoxy) is 2. The number of fused-ring (bicyclic) bond motifs is 1. The molecule has 2 N–H and O–H groups in total. The van der Waals surface area contributed by atoms with Crippen LogP contribution in [0.5, 0.6) is 11.5 Å². The molecule has 1 heterocycles. The van der Waals surface area contributed by atoms with E-state index in [-0.39, 0.29) is 5.41 Å². The Bertz CT molecular complexity index is 413. The van der Waals surface area contributed by atoms with Gasteiger partial charge in [0.2, 0.25) is 6.79 Å². The van der Waals surface area contributed by atoms with Gasteiger partial charge in [-0.15, -0.1) is 0 Å². The molecule has 0 saturated heterocycles. The summed E-state index contributed by atoms with van der Waals surface area (Å²) in [6.07, 6.45) is 2.12. The largest absolute Gasteiger partial charge is 0.454 e. The molecule has 0 aromatic heterocycles. The Morgan fingerprint density at radius 2 is 1.88 bits per heavy atom. The van der Waals surface area contributed by atoms with E-state index in [1.807, 2.05) is 0 Å². The number of hydrogen-bond acceptors (Lipinski definition) is 3. The summed E-state index contributed by atoms with van der Waals surface area (Å²) in [6.45, 7) is 7.58. The number of nitrogens with two attached hydrogens (primary N) is 1. The lowest BCUT2D eigenvalue weighted by molar-refractivity contribution is 0.174. The van der Waals surface area contributed by atoms with Crippen molar-refractivity contribution in [2.75, 3.05) is 13.3 Å². The minimum atomic E-state index is 0.197. The molecule has 3 heteroatoms. The second kappa shape index (κ2) is 4.57. The molecule has 1 aliphatic heterocycles. The molecule has 1 aliphatic rings. The first-order chi connectivity index (χ1) is 8.02. The molecular weight excluding hydrogens is 214 g/mol. The van der Waals surface area contributed by atoms with Crippen LogP contribution in [-0.4, -0.2) is 13.3 Å². The second-order valence-corrected chi connectivity index (χ2v) is 5.50. The second-order valence-electron chi connectivity index (χ2n) is 5.50. The third-order valence-corrected chi connectivity index (χ3v) is 3.45. The summed E-state index contributed by atoms with van der Waals surface area (Å²) in [5.74, 6) is 1.74. The minimum absolute atomic E-state index is 0.197. The average Bonchev–Trinajstić information content (AvgIpc) is 2.73. The lowest BCUT2D eigenvalue weighted by Crippen LogP contribution is -2.24. The number of benzene rings is 1. The molecular formula is C14H21NO2. The Labute approximate surface area is 103 Å². The summed E-state index contributed by atoms with van der Waals surface area (Å²) in [7, 11) is 0. The molecule has 0 fully saturated rings. The molecule has 0 aliphatic carbocycles. The maximum absolute atomic E-state index is 5.75. The van der Waals surface area contributed by atoms with Crippen LogP contribution in [0.25, 0.3) is 0 Å². The van der Waals surface area contributed by atoms with Gasteiger partial charge >= 0.3 is 0 Å². The van der Waals surface area contributed by atoms with Crippen molar-refractivity contribution in [2.24, 2.45) is 11.1 Å². The van der Waals surface area contributed by atoms with Gasteiger partial charge in [-0.25, -0.2) is 0 Å². The third-order valence-electron chi connectivity index (χ3n) is 3.45. The highest BCUT2D eigenvalue weighted by atomic mass is 16.7. The first-order valence-electron chi connectivity index (χ1n) is 6.11. The van der Waals surface area contributed by atoms with Crippen molar-refractivity contribution in [3.8, 4) is 11.5 Å². The van der Waals surface area contributed by atoms with Crippen LogP contribution in [0.1, 0.15) is 31.4 Å². The Morgan fingerprint density at radius 3 is 2.53 bits per heavy atom. The fourth-order valence-electron chi connectivity index (χ4n) is 1.93. The van der Waals surface area contributed by atoms with Crippen molar-refractivity contribution in [3.63, 3.8) is 0 Å². The first-order valence-corrected chi connectivity index (χ1v) is 6.11. The smallest absolute Gasteiger partial charge is 0.231 e. The highest BCUT2D eigenvalue weighted by molar-refractivity contribution is 5.48. The average molecular weight is 235 g/mol. The van der Waals surface area contributed by atoms with Crippen molar-refractivity contribution >= 4 is 0 Å². The summed E-state index contributed by atoms with van der Waals surface area (Å²) in [4.78, 5) is 0. The fourth-order valence-corrected chi connectivity index (χ4v) is 1.93. The van der Waals surface area contributed by atoms with Gasteiger partial charge in [0.1, 0.15) is 0 Å². The summed E-state index contributed by atoms with van der Waals surface area (Å²) < 4.78 is 10.8. The molecule has 1 aromatic carbocycles. The van der Waals surface area contributed by atoms with Gasteiger partial charge < -0.3 is 15.2 Å². The van der Waals surface area contributed by atoms with Crippen LogP contribution in [-0.2, 0) is 6.42 Å². The van der Waals surface area contributed by atoms with Crippen molar-refractivity contribution in [1.82, 2.24) is 0 Å². The Morgan fingerprint density at radius 1 is 1.24 bits per heavy atom. The molecule has 0 radical (unpaired) electrons. The molecule has 1 aromatic rings. The maximum Gasteiger partial charge on any atom is 0.231 e. The van der Waals surface area contributed by atoms with Crippen molar-refractivity contribution < 1.29 is 9.47 Å². The van der Waals surface area contributed by atoms with E-state index in [9.17, 15) is 0 Å². The van der Waals surface area contributed by atoms with E-state index >= 15 is 0 Å². The van der Waals surface area contributed by atoms with Gasteiger partial charge in [0.25, 0.3) is 0 Å². The zero-order chi connectivity index (χ0) is 12.5. The van der Waals surface area contributed by atoms with Crippen molar-refractivity contribution in [1.29, 1.82) is 0 Å². The van der Waals surface area contributed by atoms with Crippen LogP contribution in [0.3, 0.4) is 0 Å². The van der Waals surface area contributed by atoms with E-state index in [0.29, 0.717) is 6.79 Å². The third kappa shape index (κ3) is 2.72. The lowest BCUT2D eigenvalue weighted by atomic mass is 9.85. The van der Waals surface area contributed by atoms with Gasteiger partial charge in [-0.3, -0.25) is 0 Å². The van der Waals surface area contributed by atoms with Crippen LogP contribution in [0.4, 0.5) is 0 Å². The number of rotatable bonds is 4. The lowest BCUT2D eigenvalue weighted by Gasteiger charge is -2.22. The maximum atomic E-state index is 5.75. The predicted molar refractivity (Wildman–Crippen MR) is 68.5 cm³/mol. The normalized spacial score (nSPS) is 14.1. The van der Waals surface area contributed by atoms with Crippen molar-refractivity contribution in [3.05, 3.63) is 23.3 Å². The SMILES string of the molecule is Cc1cc2c(cc1CCC(C)(C)CN)OCO2. The molecule has 0 amide bonds. The van der Waals surface area contributed by atoms with Gasteiger partial charge in [0, 0.05) is 0 Å². The van der Waals surface area contributed by atoms with E-state index in [2.05, 4.69) is 32.9 Å². The molecule has 0 atom stereocenters. The van der Waals surface area contributed by atoms with Gasteiger partial charge in [0.05, 0.1) is 0 Å². The van der Waals surface area contributed by atoms with Crippen LogP contribution in [0.15, 0.2) is 12.1 Å². The standard InChI is InChI=1S/C14H21NO2/c1-10-6-12-13(17-9-16-12)7-11(10)4-5-14(2,3)8-15/h6-7H,4-5,8-9,15H2,1-3H3. The van der Waals surface area contributed by atoms with Crippen LogP contribution < -0.4 is 15.2 Å². The molecule has 94 valence electrons. The highest BCUT2D eigenvalue weighted by Crippen LogP contribution is 2.35. The van der Waals surface area contributed by atoms with Crippen LogP contribution >= 0.6 is 0 Å². The molecule has 0 unspecified atom stereocenters. The Kier molecular flexibility index (Phi) is 3.29. The van der Waals surface area contributed by atoms with E-state index in [4.69, 9.17) is 15.2 Å². The van der Waals surface area contributed by atoms with E-state index in [0.717, 1.165) is 30.9 Å². The quantitative estimate of drug-likeness (QED) is 0.872. The van der Waals surface area contributed by atoms with Crippen LogP contribution in [0.2, 0.25) is 0 Å². The molecule has 0 spiro atoms. The summed E-state index contributed by atoms with van der Waals surface area (Å²) >= 11 is 0. The molecule has 0 bridgehead atoms. The van der Waals surface area contributed by atoms with E-state index < -0.39 is 0 Å². The fraction of sp³-hybridized carbons (Fsp3) is 0.571. The minimum Gasteiger partial charge on any atom is -0.454 e. The highest BCUT2D eigenvalue weighted by Gasteiger charge is 2.19. The van der Waals surface area contributed by atoms with Crippen LogP contribution in [0, 0.1) is 12.3 Å². The van der Waals surface area contributed by atoms with Gasteiger partial charge in [-0.05, 0) is 55.0 Å². The van der Waals surface area contributed by atoms with Gasteiger partial charge in [-0.1, -0.05) is 13.8 Å². The summed E-state index contributed by atoms with van der Waals surface area (Å²) in [5, 5.41) is 0. The number of hydrogen-bond donors (Lipinski definition) is 1. The topological polar surface area (TPSA) is 44.5 Å². The molecule has 2 rings (SSSR count). The van der Waals surface area contributed by atoms with Gasteiger partial charge in [-0.2, -0.15) is 0 Å². The van der Waals surface area contributed by atoms with E-state index in [1.165, 1.54) is 11.1 Å². The molecule has 17 heavy (non-hydrogen) atoms. The Hall–Kier alpha value is -1.22. The summed E-state index contributed by atoms with van der Waals surface area (Å²) in [5.41, 5.74) is 8.55. The first kappa shape index (κ1) is 12.2.